The van der Waals surface area contributed by atoms with Crippen LogP contribution in [0.1, 0.15) is 10.4 Å². The minimum atomic E-state index is -0.902. The molecule has 0 bridgehead atoms. The summed E-state index contributed by atoms with van der Waals surface area (Å²) in [6.45, 7) is 0.108. The van der Waals surface area contributed by atoms with Gasteiger partial charge in [0.05, 0.1) is 18.4 Å². The van der Waals surface area contributed by atoms with E-state index < -0.39 is 6.23 Å². The molecule has 3 rings (SSSR count). The van der Waals surface area contributed by atoms with Gasteiger partial charge in [-0.1, -0.05) is 0 Å². The van der Waals surface area contributed by atoms with Gasteiger partial charge in [-0.15, -0.1) is 0 Å². The first-order chi connectivity index (χ1) is 9.15. The minimum absolute atomic E-state index is 0.108. The number of nitrogens with one attached hydrogen (secondary N) is 2. The van der Waals surface area contributed by atoms with Gasteiger partial charge in [-0.2, -0.15) is 5.10 Å². The fraction of sp³-hybridized carbons (Fsp3) is 0.167. The molecule has 2 heterocycles. The summed E-state index contributed by atoms with van der Waals surface area (Å²) in [4.78, 5) is 11.8. The lowest BCUT2D eigenvalue weighted by molar-refractivity contribution is 0.0936. The molecule has 6 nitrogen and oxygen atoms in total. The Morgan fingerprint density at radius 3 is 2.84 bits per heavy atom. The molecule has 3 N–H and O–H groups in total. The molecule has 1 aromatic heterocycles. The highest BCUT2D eigenvalue weighted by atomic mass is 19.1. The number of fused-ring (bicyclic) bond motifs is 1. The molecule has 98 valence electrons. The van der Waals surface area contributed by atoms with E-state index in [1.54, 1.807) is 12.1 Å². The molecule has 1 unspecified atom stereocenters. The number of aliphatic hydroxyl groups is 1. The van der Waals surface area contributed by atoms with E-state index in [1.165, 1.54) is 23.0 Å². The zero-order chi connectivity index (χ0) is 13.4. The van der Waals surface area contributed by atoms with Crippen LogP contribution in [0.25, 0.3) is 5.69 Å². The second-order valence-corrected chi connectivity index (χ2v) is 4.17. The van der Waals surface area contributed by atoms with E-state index in [9.17, 15) is 14.3 Å². The topological polar surface area (TPSA) is 79.2 Å². The Morgan fingerprint density at radius 1 is 1.37 bits per heavy atom. The first-order valence-electron chi connectivity index (χ1n) is 5.72. The summed E-state index contributed by atoms with van der Waals surface area (Å²) in [5, 5.41) is 19.1. The molecule has 1 aliphatic rings. The molecule has 0 spiro atoms. The van der Waals surface area contributed by atoms with E-state index in [4.69, 9.17) is 0 Å². The number of carbonyl (C=O) groups is 1. The van der Waals surface area contributed by atoms with Crippen molar-refractivity contribution >= 4 is 11.7 Å². The zero-order valence-electron chi connectivity index (χ0n) is 9.80. The maximum atomic E-state index is 12.9. The Morgan fingerprint density at radius 2 is 2.11 bits per heavy atom. The van der Waals surface area contributed by atoms with Crippen molar-refractivity contribution in [2.24, 2.45) is 0 Å². The van der Waals surface area contributed by atoms with Gasteiger partial charge >= 0.3 is 0 Å². The predicted octanol–water partition coefficient (Wildman–Crippen LogP) is 0.485. The van der Waals surface area contributed by atoms with Crippen LogP contribution in [0.3, 0.4) is 0 Å². The lowest BCUT2D eigenvalue weighted by Crippen LogP contribution is -2.32. The number of aliphatic hydroxyl groups excluding tert-OH is 1. The van der Waals surface area contributed by atoms with Crippen LogP contribution in [0, 0.1) is 5.82 Å². The second-order valence-electron chi connectivity index (χ2n) is 4.17. The summed E-state index contributed by atoms with van der Waals surface area (Å²) < 4.78 is 14.4. The lowest BCUT2D eigenvalue weighted by Gasteiger charge is -2.12. The molecule has 0 aliphatic carbocycles. The van der Waals surface area contributed by atoms with Crippen LogP contribution in [0.4, 0.5) is 10.2 Å². The van der Waals surface area contributed by atoms with E-state index >= 15 is 0 Å². The lowest BCUT2D eigenvalue weighted by atomic mass is 10.3. The number of rotatable bonds is 1. The van der Waals surface area contributed by atoms with Crippen LogP contribution < -0.4 is 10.6 Å². The van der Waals surface area contributed by atoms with Crippen molar-refractivity contribution in [2.75, 3.05) is 11.9 Å². The van der Waals surface area contributed by atoms with E-state index in [0.29, 0.717) is 17.1 Å². The van der Waals surface area contributed by atoms with Gasteiger partial charge < -0.3 is 15.7 Å². The van der Waals surface area contributed by atoms with Gasteiger partial charge in [0.1, 0.15) is 23.4 Å². The Kier molecular flexibility index (Phi) is 2.68. The molecular formula is C12H11FN4O2. The maximum absolute atomic E-state index is 12.9. The summed E-state index contributed by atoms with van der Waals surface area (Å²) in [5.41, 5.74) is 0.929. The number of aromatic nitrogens is 2. The summed E-state index contributed by atoms with van der Waals surface area (Å²) in [6.07, 6.45) is 0.500. The molecular weight excluding hydrogens is 251 g/mol. The largest absolute Gasteiger partial charge is 0.372 e. The van der Waals surface area contributed by atoms with Gasteiger partial charge in [-0.3, -0.25) is 4.79 Å². The molecule has 1 aliphatic heterocycles. The van der Waals surface area contributed by atoms with Crippen molar-refractivity contribution < 1.29 is 14.3 Å². The summed E-state index contributed by atoms with van der Waals surface area (Å²) >= 11 is 0. The maximum Gasteiger partial charge on any atom is 0.256 e. The highest BCUT2D eigenvalue weighted by Crippen LogP contribution is 2.22. The van der Waals surface area contributed by atoms with E-state index in [2.05, 4.69) is 15.7 Å². The minimum Gasteiger partial charge on any atom is -0.372 e. The van der Waals surface area contributed by atoms with E-state index in [1.807, 2.05) is 0 Å². The molecule has 1 atom stereocenters. The fourth-order valence-electron chi connectivity index (χ4n) is 1.93. The Bertz CT molecular complexity index is 623. The quantitative estimate of drug-likeness (QED) is 0.698. The van der Waals surface area contributed by atoms with Crippen LogP contribution in [0.15, 0.2) is 30.5 Å². The first kappa shape index (κ1) is 11.7. The first-order valence-corrected chi connectivity index (χ1v) is 5.72. The van der Waals surface area contributed by atoms with Gasteiger partial charge in [-0.25, -0.2) is 9.07 Å². The van der Waals surface area contributed by atoms with Crippen LogP contribution >= 0.6 is 0 Å². The summed E-state index contributed by atoms with van der Waals surface area (Å²) in [7, 11) is 0. The number of carbonyl (C=O) groups excluding carboxylic acids is 1. The number of nitrogens with zero attached hydrogens (tertiary/aromatic N) is 2. The SMILES string of the molecule is O=C1NCC(O)Nc2c1cnn2-c1ccc(F)cc1. The van der Waals surface area contributed by atoms with Crippen molar-refractivity contribution in [1.29, 1.82) is 0 Å². The number of hydrogen-bond acceptors (Lipinski definition) is 4. The summed E-state index contributed by atoms with van der Waals surface area (Å²) in [6, 6.07) is 5.69. The standard InChI is InChI=1S/C12H11FN4O2/c13-7-1-3-8(4-2-7)17-11-9(5-15-17)12(19)14-6-10(18)16-11/h1-5,10,16,18H,6H2,(H,14,19). The average Bonchev–Trinajstić information content (AvgIpc) is 2.74. The highest BCUT2D eigenvalue weighted by molar-refractivity contribution is 5.99. The highest BCUT2D eigenvalue weighted by Gasteiger charge is 2.24. The van der Waals surface area contributed by atoms with Crippen molar-refractivity contribution in [3.8, 4) is 5.69 Å². The monoisotopic (exact) mass is 262 g/mol. The normalized spacial score (nSPS) is 18.2. The molecule has 1 amide bonds. The third kappa shape index (κ3) is 2.04. The van der Waals surface area contributed by atoms with Gasteiger partial charge in [0.25, 0.3) is 5.91 Å². The predicted molar refractivity (Wildman–Crippen MR) is 65.5 cm³/mol. The fourth-order valence-corrected chi connectivity index (χ4v) is 1.93. The van der Waals surface area contributed by atoms with Gasteiger partial charge in [-0.05, 0) is 24.3 Å². The molecule has 7 heteroatoms. The molecule has 0 saturated carbocycles. The number of β-amino-alcohol motifs (C(OH)–C–C–N with tert-alkyl or cyclic N) is 1. The molecule has 0 saturated heterocycles. The van der Waals surface area contributed by atoms with Gasteiger partial charge in [0.15, 0.2) is 0 Å². The molecule has 0 fully saturated rings. The Hall–Kier alpha value is -2.41. The van der Waals surface area contributed by atoms with Crippen LogP contribution in [-0.2, 0) is 0 Å². The average molecular weight is 262 g/mol. The molecule has 2 aromatic rings. The summed E-state index contributed by atoms with van der Waals surface area (Å²) in [5.74, 6) is -0.283. The van der Waals surface area contributed by atoms with Crippen LogP contribution in [-0.4, -0.2) is 33.6 Å². The smallest absolute Gasteiger partial charge is 0.256 e. The van der Waals surface area contributed by atoms with E-state index in [0.717, 1.165) is 0 Å². The number of benzene rings is 1. The van der Waals surface area contributed by atoms with Crippen molar-refractivity contribution in [3.63, 3.8) is 0 Å². The third-order valence-corrected chi connectivity index (χ3v) is 2.84. The Labute approximate surface area is 107 Å². The number of anilines is 1. The number of halogens is 1. The van der Waals surface area contributed by atoms with E-state index in [-0.39, 0.29) is 18.3 Å². The van der Waals surface area contributed by atoms with Crippen LogP contribution in [0.2, 0.25) is 0 Å². The van der Waals surface area contributed by atoms with Gasteiger partial charge in [0.2, 0.25) is 0 Å². The third-order valence-electron chi connectivity index (χ3n) is 2.84. The number of hydrogen-bond donors (Lipinski definition) is 3. The zero-order valence-corrected chi connectivity index (χ0v) is 9.80. The van der Waals surface area contributed by atoms with Gasteiger partial charge in [0, 0.05) is 0 Å². The second kappa shape index (κ2) is 4.36. The Balaban J connectivity index is 2.09. The molecule has 0 radical (unpaired) electrons. The van der Waals surface area contributed by atoms with Crippen LogP contribution in [0.5, 0.6) is 0 Å². The molecule has 1 aromatic carbocycles. The number of amides is 1. The van der Waals surface area contributed by atoms with Crippen molar-refractivity contribution in [2.45, 2.75) is 6.23 Å². The van der Waals surface area contributed by atoms with Crippen molar-refractivity contribution in [1.82, 2.24) is 15.1 Å². The van der Waals surface area contributed by atoms with Crippen molar-refractivity contribution in [3.05, 3.63) is 41.8 Å². The molecule has 19 heavy (non-hydrogen) atoms.